The van der Waals surface area contributed by atoms with Crippen LogP contribution >= 0.6 is 0 Å². The van der Waals surface area contributed by atoms with Crippen LogP contribution in [0.3, 0.4) is 0 Å². The quantitative estimate of drug-likeness (QED) is 0.899. The van der Waals surface area contributed by atoms with E-state index in [9.17, 15) is 14.7 Å². The van der Waals surface area contributed by atoms with E-state index in [0.29, 0.717) is 31.1 Å². The monoisotopic (exact) mass is 367 g/mol. The summed E-state index contributed by atoms with van der Waals surface area (Å²) in [6.45, 7) is 1.68. The lowest BCUT2D eigenvalue weighted by Gasteiger charge is -2.29. The number of fused-ring (bicyclic) bond motifs is 1. The number of carbonyl (C=O) groups excluding carboxylic acids is 1. The maximum absolute atomic E-state index is 13.0. The smallest absolute Gasteiger partial charge is 0.335 e. The van der Waals surface area contributed by atoms with Crippen LogP contribution in [-0.2, 0) is 11.2 Å². The van der Waals surface area contributed by atoms with E-state index >= 15 is 0 Å². The van der Waals surface area contributed by atoms with Crippen molar-refractivity contribution in [3.8, 4) is 11.5 Å². The highest BCUT2D eigenvalue weighted by Gasteiger charge is 2.33. The number of hydrogen-bond donors (Lipinski definition) is 1. The molecule has 1 unspecified atom stereocenters. The second-order valence-corrected chi connectivity index (χ2v) is 6.76. The summed E-state index contributed by atoms with van der Waals surface area (Å²) in [5.41, 5.74) is 1.68. The minimum atomic E-state index is -1.01. The van der Waals surface area contributed by atoms with Gasteiger partial charge in [0.15, 0.2) is 11.5 Å². The SMILES string of the molecule is O=C(O)c1ccccc1CC(=O)N1CCCC1c1cccc2c1OCCO2. The highest BCUT2D eigenvalue weighted by atomic mass is 16.6. The van der Waals surface area contributed by atoms with Gasteiger partial charge in [-0.2, -0.15) is 0 Å². The highest BCUT2D eigenvalue weighted by molar-refractivity contribution is 5.91. The molecule has 1 fully saturated rings. The first-order valence-corrected chi connectivity index (χ1v) is 9.14. The number of amides is 1. The van der Waals surface area contributed by atoms with Crippen LogP contribution < -0.4 is 9.47 Å². The van der Waals surface area contributed by atoms with E-state index in [4.69, 9.17) is 9.47 Å². The molecule has 0 saturated carbocycles. The summed E-state index contributed by atoms with van der Waals surface area (Å²) in [5.74, 6) is 0.355. The van der Waals surface area contributed by atoms with Crippen molar-refractivity contribution < 1.29 is 24.2 Å². The third-order valence-corrected chi connectivity index (χ3v) is 5.12. The van der Waals surface area contributed by atoms with Crippen molar-refractivity contribution in [2.75, 3.05) is 19.8 Å². The normalized spacial score (nSPS) is 18.4. The second-order valence-electron chi connectivity index (χ2n) is 6.76. The lowest BCUT2D eigenvalue weighted by Crippen LogP contribution is -2.32. The number of nitrogens with zero attached hydrogens (tertiary/aromatic N) is 1. The number of carboxylic acid groups (broad SMARTS) is 1. The molecule has 0 radical (unpaired) electrons. The standard InChI is InChI=1S/C21H21NO5/c23-19(13-14-5-1-2-6-15(14)21(24)25)22-10-4-8-17(22)16-7-3-9-18-20(16)27-12-11-26-18/h1-3,5-7,9,17H,4,8,10-13H2,(H,24,25). The molecule has 0 spiro atoms. The number of para-hydroxylation sites is 1. The van der Waals surface area contributed by atoms with Crippen LogP contribution in [0.5, 0.6) is 11.5 Å². The maximum Gasteiger partial charge on any atom is 0.335 e. The van der Waals surface area contributed by atoms with Crippen LogP contribution in [0.4, 0.5) is 0 Å². The van der Waals surface area contributed by atoms with Gasteiger partial charge in [-0.25, -0.2) is 4.79 Å². The van der Waals surface area contributed by atoms with Gasteiger partial charge in [-0.3, -0.25) is 4.79 Å². The van der Waals surface area contributed by atoms with Crippen molar-refractivity contribution >= 4 is 11.9 Å². The Labute approximate surface area is 157 Å². The number of carboxylic acids is 1. The fourth-order valence-electron chi connectivity index (χ4n) is 3.89. The molecule has 27 heavy (non-hydrogen) atoms. The summed E-state index contributed by atoms with van der Waals surface area (Å²) >= 11 is 0. The van der Waals surface area contributed by atoms with E-state index < -0.39 is 5.97 Å². The van der Waals surface area contributed by atoms with Crippen molar-refractivity contribution in [1.82, 2.24) is 4.90 Å². The molecule has 1 N–H and O–H groups in total. The van der Waals surface area contributed by atoms with Gasteiger partial charge in [-0.15, -0.1) is 0 Å². The summed E-state index contributed by atoms with van der Waals surface area (Å²) in [5, 5.41) is 9.35. The fourth-order valence-corrected chi connectivity index (χ4v) is 3.89. The zero-order valence-electron chi connectivity index (χ0n) is 14.9. The number of benzene rings is 2. The minimum Gasteiger partial charge on any atom is -0.486 e. The van der Waals surface area contributed by atoms with Gasteiger partial charge in [0.1, 0.15) is 13.2 Å². The zero-order chi connectivity index (χ0) is 18.8. The maximum atomic E-state index is 13.0. The Balaban J connectivity index is 1.59. The molecule has 0 bridgehead atoms. The van der Waals surface area contributed by atoms with Crippen LogP contribution in [0.1, 0.15) is 40.4 Å². The van der Waals surface area contributed by atoms with Crippen molar-refractivity contribution in [2.24, 2.45) is 0 Å². The van der Waals surface area contributed by atoms with E-state index in [0.717, 1.165) is 24.2 Å². The van der Waals surface area contributed by atoms with E-state index in [1.54, 1.807) is 18.2 Å². The molecule has 0 aliphatic carbocycles. The Morgan fingerprint density at radius 3 is 2.74 bits per heavy atom. The first-order valence-electron chi connectivity index (χ1n) is 9.14. The van der Waals surface area contributed by atoms with Gasteiger partial charge in [0, 0.05) is 12.1 Å². The summed E-state index contributed by atoms with van der Waals surface area (Å²) in [6.07, 6.45) is 1.83. The van der Waals surface area contributed by atoms with Gasteiger partial charge in [-0.05, 0) is 30.5 Å². The number of likely N-dealkylation sites (tertiary alicyclic amines) is 1. The molecule has 1 atom stereocenters. The van der Waals surface area contributed by atoms with E-state index in [1.165, 1.54) is 6.07 Å². The molecule has 2 aromatic rings. The van der Waals surface area contributed by atoms with Crippen LogP contribution in [0.25, 0.3) is 0 Å². The minimum absolute atomic E-state index is 0.0690. The van der Waals surface area contributed by atoms with Crippen molar-refractivity contribution in [1.29, 1.82) is 0 Å². The van der Waals surface area contributed by atoms with Crippen molar-refractivity contribution in [2.45, 2.75) is 25.3 Å². The molecular weight excluding hydrogens is 346 g/mol. The molecule has 140 valence electrons. The average Bonchev–Trinajstić information content (AvgIpc) is 3.17. The molecule has 4 rings (SSSR count). The predicted octanol–water partition coefficient (Wildman–Crippen LogP) is 3.06. The van der Waals surface area contributed by atoms with E-state index in [-0.39, 0.29) is 23.9 Å². The van der Waals surface area contributed by atoms with Crippen LogP contribution in [0.15, 0.2) is 42.5 Å². The molecular formula is C21H21NO5. The number of ether oxygens (including phenoxy) is 2. The molecule has 0 aromatic heterocycles. The number of aromatic carboxylic acids is 1. The summed E-state index contributed by atoms with van der Waals surface area (Å²) in [4.78, 5) is 26.3. The number of rotatable bonds is 4. The summed E-state index contributed by atoms with van der Waals surface area (Å²) in [7, 11) is 0. The van der Waals surface area contributed by atoms with Crippen molar-refractivity contribution in [3.05, 3.63) is 59.2 Å². The third kappa shape index (κ3) is 3.35. The molecule has 6 nitrogen and oxygen atoms in total. The summed E-state index contributed by atoms with van der Waals surface area (Å²) in [6, 6.07) is 12.4. The van der Waals surface area contributed by atoms with E-state index in [2.05, 4.69) is 0 Å². The highest BCUT2D eigenvalue weighted by Crippen LogP contribution is 2.42. The first-order chi connectivity index (χ1) is 13.1. The van der Waals surface area contributed by atoms with Gasteiger partial charge in [0.05, 0.1) is 18.0 Å². The van der Waals surface area contributed by atoms with Gasteiger partial charge in [0.25, 0.3) is 0 Å². The third-order valence-electron chi connectivity index (χ3n) is 5.12. The van der Waals surface area contributed by atoms with Gasteiger partial charge < -0.3 is 19.5 Å². The lowest BCUT2D eigenvalue weighted by atomic mass is 10.0. The topological polar surface area (TPSA) is 76.1 Å². The molecule has 6 heteroatoms. The van der Waals surface area contributed by atoms with Gasteiger partial charge in [-0.1, -0.05) is 30.3 Å². The first kappa shape index (κ1) is 17.4. The molecule has 2 aliphatic heterocycles. The Morgan fingerprint density at radius 1 is 1.07 bits per heavy atom. The zero-order valence-corrected chi connectivity index (χ0v) is 14.9. The van der Waals surface area contributed by atoms with Gasteiger partial charge >= 0.3 is 5.97 Å². The van der Waals surface area contributed by atoms with Crippen LogP contribution in [0.2, 0.25) is 0 Å². The lowest BCUT2D eigenvalue weighted by molar-refractivity contribution is -0.131. The average molecular weight is 367 g/mol. The van der Waals surface area contributed by atoms with Crippen LogP contribution in [-0.4, -0.2) is 41.6 Å². The van der Waals surface area contributed by atoms with E-state index in [1.807, 2.05) is 23.1 Å². The largest absolute Gasteiger partial charge is 0.486 e. The molecule has 1 saturated heterocycles. The number of hydrogen-bond acceptors (Lipinski definition) is 4. The van der Waals surface area contributed by atoms with Crippen LogP contribution in [0, 0.1) is 0 Å². The molecule has 1 amide bonds. The van der Waals surface area contributed by atoms with Gasteiger partial charge in [0.2, 0.25) is 5.91 Å². The summed E-state index contributed by atoms with van der Waals surface area (Å²) < 4.78 is 11.5. The Kier molecular flexibility index (Phi) is 4.71. The Bertz CT molecular complexity index is 879. The Morgan fingerprint density at radius 2 is 1.89 bits per heavy atom. The predicted molar refractivity (Wildman–Crippen MR) is 98.2 cm³/mol. The molecule has 2 heterocycles. The van der Waals surface area contributed by atoms with Crippen molar-refractivity contribution in [3.63, 3.8) is 0 Å². The molecule has 2 aliphatic rings. The number of carbonyl (C=O) groups is 2. The fraction of sp³-hybridized carbons (Fsp3) is 0.333. The Hall–Kier alpha value is -3.02. The second kappa shape index (κ2) is 7.31. The molecule has 2 aromatic carbocycles.